The predicted octanol–water partition coefficient (Wildman–Crippen LogP) is 2.83. The highest BCUT2D eigenvalue weighted by Crippen LogP contribution is 2.32. The van der Waals surface area contributed by atoms with E-state index in [4.69, 9.17) is 27.9 Å². The van der Waals surface area contributed by atoms with Crippen LogP contribution in [-0.4, -0.2) is 37.9 Å². The molecule has 1 aliphatic heterocycles. The van der Waals surface area contributed by atoms with E-state index in [1.807, 2.05) is 0 Å². The Bertz CT molecular complexity index is 594. The van der Waals surface area contributed by atoms with Gasteiger partial charge in [-0.15, -0.1) is 11.3 Å². The Hall–Kier alpha value is -0.140. The number of carbonyl (C=O) groups is 1. The van der Waals surface area contributed by atoms with Gasteiger partial charge in [-0.25, -0.2) is 8.42 Å². The van der Waals surface area contributed by atoms with Crippen LogP contribution in [0, 0.1) is 0 Å². The van der Waals surface area contributed by atoms with Crippen LogP contribution in [0.4, 0.5) is 0 Å². The maximum absolute atomic E-state index is 12.2. The largest absolute Gasteiger partial charge is 0.377 e. The van der Waals surface area contributed by atoms with Crippen molar-refractivity contribution in [3.63, 3.8) is 0 Å². The summed E-state index contributed by atoms with van der Waals surface area (Å²) in [7, 11) is -3.54. The Kier molecular flexibility index (Phi) is 4.57. The van der Waals surface area contributed by atoms with Gasteiger partial charge in [0.2, 0.25) is 0 Å². The molecule has 1 saturated heterocycles. The number of Topliss-reactive ketones (excluding diaryl/α,β-unsaturated/α-hetero) is 1. The van der Waals surface area contributed by atoms with E-state index in [9.17, 15) is 13.2 Å². The predicted molar refractivity (Wildman–Crippen MR) is 76.3 cm³/mol. The molecule has 4 nitrogen and oxygen atoms in total. The molecule has 0 saturated carbocycles. The molecule has 1 aromatic heterocycles. The maximum Gasteiger partial charge on any atom is 0.180 e. The highest BCUT2D eigenvalue weighted by atomic mass is 35.5. The minimum absolute atomic E-state index is 0.173. The second-order valence-corrected chi connectivity index (χ2v) is 8.88. The average Bonchev–Trinajstić information content (AvgIpc) is 2.84. The zero-order valence-corrected chi connectivity index (χ0v) is 13.2. The normalized spacial score (nSPS) is 23.7. The third-order valence-corrected chi connectivity index (χ3v) is 6.75. The first-order valence-corrected chi connectivity index (χ1v) is 8.91. The summed E-state index contributed by atoms with van der Waals surface area (Å²) in [6.07, 6.45) is 0.0499. The molecule has 19 heavy (non-hydrogen) atoms. The molecule has 2 atom stereocenters. The van der Waals surface area contributed by atoms with Gasteiger partial charge in [-0.1, -0.05) is 23.2 Å². The Morgan fingerprint density at radius 2 is 2.21 bits per heavy atom. The summed E-state index contributed by atoms with van der Waals surface area (Å²) in [6, 6.07) is 1.40. The van der Waals surface area contributed by atoms with Gasteiger partial charge in [0.05, 0.1) is 15.7 Å². The third-order valence-electron chi connectivity index (χ3n) is 3.06. The number of thiophene rings is 1. The maximum atomic E-state index is 12.2. The molecule has 8 heteroatoms. The lowest BCUT2D eigenvalue weighted by atomic mass is 10.2. The van der Waals surface area contributed by atoms with Crippen molar-refractivity contribution >= 4 is 50.2 Å². The molecule has 106 valence electrons. The third kappa shape index (κ3) is 3.31. The Morgan fingerprint density at radius 1 is 1.53 bits per heavy atom. The van der Waals surface area contributed by atoms with Crippen LogP contribution in [0.5, 0.6) is 0 Å². The van der Waals surface area contributed by atoms with Crippen molar-refractivity contribution in [2.45, 2.75) is 24.7 Å². The summed E-state index contributed by atoms with van der Waals surface area (Å²) in [6.45, 7) is 2.11. The lowest BCUT2D eigenvalue weighted by Gasteiger charge is -2.14. The number of ether oxygens (including phenoxy) is 1. The minimum Gasteiger partial charge on any atom is -0.377 e. The van der Waals surface area contributed by atoms with Gasteiger partial charge < -0.3 is 4.74 Å². The van der Waals surface area contributed by atoms with Gasteiger partial charge in [0, 0.05) is 12.2 Å². The molecule has 1 fully saturated rings. The molecule has 2 unspecified atom stereocenters. The van der Waals surface area contributed by atoms with Gasteiger partial charge >= 0.3 is 0 Å². The second kappa shape index (κ2) is 5.69. The van der Waals surface area contributed by atoms with Crippen molar-refractivity contribution in [1.29, 1.82) is 0 Å². The number of halogens is 2. The van der Waals surface area contributed by atoms with E-state index in [-0.39, 0.29) is 16.0 Å². The Labute approximate surface area is 125 Å². The fraction of sp³-hybridized carbons (Fsp3) is 0.545. The topological polar surface area (TPSA) is 60.4 Å². The first-order valence-electron chi connectivity index (χ1n) is 5.62. The van der Waals surface area contributed by atoms with Gasteiger partial charge in [-0.2, -0.15) is 0 Å². The van der Waals surface area contributed by atoms with Crippen molar-refractivity contribution in [3.8, 4) is 0 Å². The number of sulfone groups is 1. The van der Waals surface area contributed by atoms with Crippen LogP contribution >= 0.6 is 34.5 Å². The van der Waals surface area contributed by atoms with Crippen LogP contribution in [0.2, 0.25) is 8.67 Å². The number of carbonyl (C=O) groups excluding carboxylic acids is 1. The number of ketones is 1. The van der Waals surface area contributed by atoms with Crippen molar-refractivity contribution in [3.05, 3.63) is 20.3 Å². The van der Waals surface area contributed by atoms with Crippen LogP contribution in [0.25, 0.3) is 0 Å². The van der Waals surface area contributed by atoms with E-state index in [0.717, 1.165) is 11.3 Å². The van der Waals surface area contributed by atoms with Crippen molar-refractivity contribution in [2.75, 3.05) is 12.4 Å². The smallest absolute Gasteiger partial charge is 0.180 e. The van der Waals surface area contributed by atoms with E-state index in [1.54, 1.807) is 6.92 Å². The van der Waals surface area contributed by atoms with Gasteiger partial charge in [0.25, 0.3) is 0 Å². The Balaban J connectivity index is 2.16. The minimum atomic E-state index is -3.54. The standard InChI is InChI=1S/C11H12Cl2O4S2/c1-6-9(2-3-17-6)19(15,16)5-8(14)7-4-10(12)18-11(7)13/h4,6,9H,2-3,5H2,1H3. The Morgan fingerprint density at radius 3 is 2.68 bits per heavy atom. The number of rotatable bonds is 4. The van der Waals surface area contributed by atoms with Crippen LogP contribution in [0.1, 0.15) is 23.7 Å². The zero-order valence-electron chi connectivity index (χ0n) is 10.1. The summed E-state index contributed by atoms with van der Waals surface area (Å²) >= 11 is 12.6. The highest BCUT2D eigenvalue weighted by Gasteiger charge is 2.37. The molecule has 0 radical (unpaired) electrons. The van der Waals surface area contributed by atoms with Crippen molar-refractivity contribution < 1.29 is 17.9 Å². The van der Waals surface area contributed by atoms with Gasteiger partial charge in [-0.05, 0) is 19.4 Å². The quantitative estimate of drug-likeness (QED) is 0.789. The molecule has 1 aliphatic rings. The monoisotopic (exact) mass is 342 g/mol. The molecule has 0 aromatic carbocycles. The van der Waals surface area contributed by atoms with E-state index >= 15 is 0 Å². The van der Waals surface area contributed by atoms with Gasteiger partial charge in [0.15, 0.2) is 15.6 Å². The SMILES string of the molecule is CC1OCCC1S(=O)(=O)CC(=O)c1cc(Cl)sc1Cl. The molecule has 0 amide bonds. The molecule has 2 heterocycles. The van der Waals surface area contributed by atoms with Crippen LogP contribution in [-0.2, 0) is 14.6 Å². The molecule has 0 bridgehead atoms. The molecular weight excluding hydrogens is 331 g/mol. The average molecular weight is 343 g/mol. The summed E-state index contributed by atoms with van der Waals surface area (Å²) in [4.78, 5) is 12.0. The van der Waals surface area contributed by atoms with Crippen LogP contribution < -0.4 is 0 Å². The lowest BCUT2D eigenvalue weighted by Crippen LogP contribution is -2.32. The van der Waals surface area contributed by atoms with E-state index < -0.39 is 26.6 Å². The molecule has 0 spiro atoms. The van der Waals surface area contributed by atoms with Gasteiger partial charge in [-0.3, -0.25) is 4.79 Å². The molecular formula is C11H12Cl2O4S2. The molecule has 0 N–H and O–H groups in total. The van der Waals surface area contributed by atoms with Crippen LogP contribution in [0.15, 0.2) is 6.07 Å². The summed E-state index contributed by atoms with van der Waals surface area (Å²) in [5.41, 5.74) is 0.173. The molecule has 2 rings (SSSR count). The second-order valence-electron chi connectivity index (χ2n) is 4.37. The van der Waals surface area contributed by atoms with Crippen molar-refractivity contribution in [2.24, 2.45) is 0 Å². The highest BCUT2D eigenvalue weighted by molar-refractivity contribution is 7.92. The molecule has 1 aromatic rings. The zero-order chi connectivity index (χ0) is 14.2. The summed E-state index contributed by atoms with van der Waals surface area (Å²) in [5, 5.41) is -0.621. The van der Waals surface area contributed by atoms with Gasteiger partial charge in [0.1, 0.15) is 10.1 Å². The first kappa shape index (κ1) is 15.3. The van der Waals surface area contributed by atoms with Crippen LogP contribution in [0.3, 0.4) is 0 Å². The number of hydrogen-bond donors (Lipinski definition) is 0. The molecule has 0 aliphatic carbocycles. The van der Waals surface area contributed by atoms with E-state index in [1.165, 1.54) is 6.07 Å². The van der Waals surface area contributed by atoms with Crippen molar-refractivity contribution in [1.82, 2.24) is 0 Å². The summed E-state index contributed by atoms with van der Waals surface area (Å²) in [5.74, 6) is -1.08. The lowest BCUT2D eigenvalue weighted by molar-refractivity contribution is 0.102. The fourth-order valence-corrected chi connectivity index (χ4v) is 5.43. The first-order chi connectivity index (χ1) is 8.81. The number of hydrogen-bond acceptors (Lipinski definition) is 5. The summed E-state index contributed by atoms with van der Waals surface area (Å²) < 4.78 is 30.2. The fourth-order valence-electron chi connectivity index (χ4n) is 2.08. The van der Waals surface area contributed by atoms with E-state index in [0.29, 0.717) is 17.4 Å². The van der Waals surface area contributed by atoms with E-state index in [2.05, 4.69) is 0 Å².